The molecule has 1 heterocycles. The van der Waals surface area contributed by atoms with E-state index in [1.54, 1.807) is 6.92 Å². The largest absolute Gasteiger partial charge is 0.419 e. The minimum atomic E-state index is -0.750. The van der Waals surface area contributed by atoms with Crippen molar-refractivity contribution in [2.45, 2.75) is 13.0 Å². The van der Waals surface area contributed by atoms with Gasteiger partial charge in [-0.15, -0.1) is 10.2 Å². The number of hydrogen-bond acceptors (Lipinski definition) is 6. The van der Waals surface area contributed by atoms with Crippen LogP contribution in [0.5, 0.6) is 0 Å². The number of nitro groups is 1. The third-order valence-electron chi connectivity index (χ3n) is 2.17. The summed E-state index contributed by atoms with van der Waals surface area (Å²) in [6, 6.07) is 2.58. The fourth-order valence-corrected chi connectivity index (χ4v) is 1.34. The molecule has 18 heavy (non-hydrogen) atoms. The van der Waals surface area contributed by atoms with Crippen LogP contribution in [-0.2, 0) is 0 Å². The molecule has 0 fully saturated rings. The van der Waals surface area contributed by atoms with Gasteiger partial charge in [0.05, 0.1) is 17.0 Å². The molecule has 0 amide bonds. The van der Waals surface area contributed by atoms with Crippen molar-refractivity contribution in [2.75, 3.05) is 0 Å². The van der Waals surface area contributed by atoms with Crippen molar-refractivity contribution >= 4 is 5.69 Å². The molecular weight excluding hydrogens is 243 g/mol. The summed E-state index contributed by atoms with van der Waals surface area (Å²) >= 11 is 0. The molecule has 0 bridgehead atoms. The standard InChI is InChI=1S/C10H9FN4O3/c1-5(12)9-13-14-10(18-9)6-2-7(11)4-8(3-6)15(16)17/h2-5H,12H2,1H3. The number of non-ortho nitro benzene ring substituents is 1. The maximum absolute atomic E-state index is 13.2. The Morgan fingerprint density at radius 2 is 2.17 bits per heavy atom. The van der Waals surface area contributed by atoms with Gasteiger partial charge in [0.15, 0.2) is 0 Å². The van der Waals surface area contributed by atoms with Crippen LogP contribution < -0.4 is 5.73 Å². The van der Waals surface area contributed by atoms with E-state index in [0.717, 1.165) is 18.2 Å². The third-order valence-corrected chi connectivity index (χ3v) is 2.17. The van der Waals surface area contributed by atoms with Gasteiger partial charge in [-0.2, -0.15) is 0 Å². The van der Waals surface area contributed by atoms with Crippen molar-refractivity contribution in [3.05, 3.63) is 40.0 Å². The number of benzene rings is 1. The zero-order valence-electron chi connectivity index (χ0n) is 9.33. The first-order valence-electron chi connectivity index (χ1n) is 5.01. The lowest BCUT2D eigenvalue weighted by Crippen LogP contribution is -2.04. The molecule has 1 atom stereocenters. The molecule has 8 heteroatoms. The average Bonchev–Trinajstić information content (AvgIpc) is 2.77. The molecule has 0 saturated carbocycles. The van der Waals surface area contributed by atoms with Gasteiger partial charge in [0, 0.05) is 11.6 Å². The van der Waals surface area contributed by atoms with Gasteiger partial charge in [0.1, 0.15) is 5.82 Å². The first-order valence-corrected chi connectivity index (χ1v) is 5.01. The van der Waals surface area contributed by atoms with Crippen LogP contribution in [0.4, 0.5) is 10.1 Å². The van der Waals surface area contributed by atoms with Gasteiger partial charge in [0.2, 0.25) is 11.8 Å². The lowest BCUT2D eigenvalue weighted by atomic mass is 10.2. The summed E-state index contributed by atoms with van der Waals surface area (Å²) in [5, 5.41) is 17.9. The van der Waals surface area contributed by atoms with Gasteiger partial charge in [-0.25, -0.2) is 4.39 Å². The van der Waals surface area contributed by atoms with Crippen LogP contribution in [-0.4, -0.2) is 15.1 Å². The lowest BCUT2D eigenvalue weighted by molar-refractivity contribution is -0.385. The Balaban J connectivity index is 2.46. The maximum Gasteiger partial charge on any atom is 0.273 e. The number of nitrogens with zero attached hydrogens (tertiary/aromatic N) is 3. The second-order valence-electron chi connectivity index (χ2n) is 3.69. The number of nitro benzene ring substituents is 1. The number of aromatic nitrogens is 2. The van der Waals surface area contributed by atoms with Crippen LogP contribution in [0.3, 0.4) is 0 Å². The Morgan fingerprint density at radius 1 is 1.44 bits per heavy atom. The Labute approximate surface area is 101 Å². The number of halogens is 1. The molecule has 0 aliphatic rings. The van der Waals surface area contributed by atoms with Crippen LogP contribution in [0.25, 0.3) is 11.5 Å². The number of rotatable bonds is 3. The summed E-state index contributed by atoms with van der Waals surface area (Å²) in [6.45, 7) is 1.64. The minimum Gasteiger partial charge on any atom is -0.419 e. The van der Waals surface area contributed by atoms with E-state index in [1.807, 2.05) is 0 Å². The SMILES string of the molecule is CC(N)c1nnc(-c2cc(F)cc([N+](=O)[O-])c2)o1. The fourth-order valence-electron chi connectivity index (χ4n) is 1.34. The van der Waals surface area contributed by atoms with E-state index in [-0.39, 0.29) is 23.0 Å². The zero-order chi connectivity index (χ0) is 13.3. The molecule has 0 spiro atoms. The van der Waals surface area contributed by atoms with Crippen molar-refractivity contribution < 1.29 is 13.7 Å². The fraction of sp³-hybridized carbons (Fsp3) is 0.200. The quantitative estimate of drug-likeness (QED) is 0.659. The molecule has 2 N–H and O–H groups in total. The molecule has 0 saturated heterocycles. The lowest BCUT2D eigenvalue weighted by Gasteiger charge is -1.97. The molecule has 1 aromatic carbocycles. The highest BCUT2D eigenvalue weighted by Gasteiger charge is 2.16. The first kappa shape index (κ1) is 12.1. The van der Waals surface area contributed by atoms with Crippen molar-refractivity contribution in [1.29, 1.82) is 0 Å². The van der Waals surface area contributed by atoms with Crippen molar-refractivity contribution in [3.8, 4) is 11.5 Å². The second kappa shape index (κ2) is 4.49. The van der Waals surface area contributed by atoms with Crippen molar-refractivity contribution in [3.63, 3.8) is 0 Å². The topological polar surface area (TPSA) is 108 Å². The van der Waals surface area contributed by atoms with Crippen LogP contribution in [0.1, 0.15) is 18.9 Å². The normalized spacial score (nSPS) is 12.4. The molecule has 1 unspecified atom stereocenters. The molecule has 0 aliphatic carbocycles. The highest BCUT2D eigenvalue weighted by atomic mass is 19.1. The summed E-state index contributed by atoms with van der Waals surface area (Å²) in [5.41, 5.74) is 5.29. The number of hydrogen-bond donors (Lipinski definition) is 1. The van der Waals surface area contributed by atoms with E-state index >= 15 is 0 Å². The van der Waals surface area contributed by atoms with E-state index in [2.05, 4.69) is 10.2 Å². The molecular formula is C10H9FN4O3. The van der Waals surface area contributed by atoms with Gasteiger partial charge in [0.25, 0.3) is 5.69 Å². The Morgan fingerprint density at radius 3 is 2.72 bits per heavy atom. The summed E-state index contributed by atoms with van der Waals surface area (Å²) in [7, 11) is 0. The van der Waals surface area contributed by atoms with Gasteiger partial charge >= 0.3 is 0 Å². The zero-order valence-corrected chi connectivity index (χ0v) is 9.33. The van der Waals surface area contributed by atoms with E-state index in [1.165, 1.54) is 0 Å². The van der Waals surface area contributed by atoms with Crippen LogP contribution in [0.15, 0.2) is 22.6 Å². The Hall–Kier alpha value is -2.35. The molecule has 1 aromatic heterocycles. The predicted octanol–water partition coefficient (Wildman–Crippen LogP) is 1.80. The Kier molecular flexibility index (Phi) is 3.02. The van der Waals surface area contributed by atoms with Crippen LogP contribution >= 0.6 is 0 Å². The van der Waals surface area contributed by atoms with Crippen LogP contribution in [0, 0.1) is 15.9 Å². The smallest absolute Gasteiger partial charge is 0.273 e. The Bertz CT molecular complexity index is 597. The predicted molar refractivity (Wildman–Crippen MR) is 58.9 cm³/mol. The third kappa shape index (κ3) is 2.33. The van der Waals surface area contributed by atoms with Gasteiger partial charge in [-0.1, -0.05) is 0 Å². The highest BCUT2D eigenvalue weighted by molar-refractivity contribution is 5.57. The van der Waals surface area contributed by atoms with Crippen LogP contribution in [0.2, 0.25) is 0 Å². The van der Waals surface area contributed by atoms with E-state index in [4.69, 9.17) is 10.2 Å². The summed E-state index contributed by atoms with van der Waals surface area (Å²) in [4.78, 5) is 9.90. The minimum absolute atomic E-state index is 0.00935. The summed E-state index contributed by atoms with van der Waals surface area (Å²) < 4.78 is 18.4. The summed E-state index contributed by atoms with van der Waals surface area (Å²) in [5.74, 6) is -0.582. The van der Waals surface area contributed by atoms with Gasteiger partial charge in [-0.05, 0) is 13.0 Å². The van der Waals surface area contributed by atoms with E-state index < -0.39 is 16.8 Å². The first-order chi connectivity index (χ1) is 8.47. The van der Waals surface area contributed by atoms with Crippen molar-refractivity contribution in [2.24, 2.45) is 5.73 Å². The van der Waals surface area contributed by atoms with Gasteiger partial charge in [-0.3, -0.25) is 10.1 Å². The molecule has 0 radical (unpaired) electrons. The molecule has 2 rings (SSSR count). The summed E-state index contributed by atoms with van der Waals surface area (Å²) in [6.07, 6.45) is 0. The molecule has 2 aromatic rings. The maximum atomic E-state index is 13.2. The highest BCUT2D eigenvalue weighted by Crippen LogP contribution is 2.25. The molecule has 0 aliphatic heterocycles. The monoisotopic (exact) mass is 252 g/mol. The second-order valence-corrected chi connectivity index (χ2v) is 3.69. The molecule has 7 nitrogen and oxygen atoms in total. The van der Waals surface area contributed by atoms with E-state index in [0.29, 0.717) is 0 Å². The van der Waals surface area contributed by atoms with Gasteiger partial charge < -0.3 is 10.2 Å². The molecule has 94 valence electrons. The average molecular weight is 252 g/mol. The van der Waals surface area contributed by atoms with E-state index in [9.17, 15) is 14.5 Å². The number of nitrogens with two attached hydrogens (primary N) is 1. The van der Waals surface area contributed by atoms with Crippen molar-refractivity contribution in [1.82, 2.24) is 10.2 Å².